The lowest BCUT2D eigenvalue weighted by molar-refractivity contribution is -0.782. The highest BCUT2D eigenvalue weighted by molar-refractivity contribution is 6.06. The standard InChI is InChI=1S/C12H2N10O8/c23-18(24)5-1-3-7(11-9(5)15-29-20(11)27)13-22-14-8-4(17(3)22)2-6(19(25)26)10-12(8)21(28)30-16-10/h1-2H. The zero-order valence-electron chi connectivity index (χ0n) is 13.9. The number of non-ortho nitro benzene ring substituents is 2. The molecule has 0 N–H and O–H groups in total. The summed E-state index contributed by atoms with van der Waals surface area (Å²) in [6.07, 6.45) is 0. The Labute approximate surface area is 158 Å². The van der Waals surface area contributed by atoms with Gasteiger partial charge in [-0.1, -0.05) is 10.2 Å². The van der Waals surface area contributed by atoms with Crippen LogP contribution in [0.3, 0.4) is 0 Å². The molecule has 0 amide bonds. The van der Waals surface area contributed by atoms with Crippen LogP contribution in [-0.2, 0) is 0 Å². The molecule has 6 aromatic rings. The van der Waals surface area contributed by atoms with Gasteiger partial charge in [-0.05, 0) is 14.6 Å². The molecular formula is C12H2N10O8. The van der Waals surface area contributed by atoms with Gasteiger partial charge in [0.15, 0.2) is 0 Å². The molecule has 0 saturated carbocycles. The minimum atomic E-state index is -0.779. The quantitative estimate of drug-likeness (QED) is 0.137. The monoisotopic (exact) mass is 414 g/mol. The second kappa shape index (κ2) is 4.81. The molecule has 4 heterocycles. The van der Waals surface area contributed by atoms with Crippen LogP contribution in [-0.4, -0.2) is 29.8 Å². The molecule has 0 spiro atoms. The summed E-state index contributed by atoms with van der Waals surface area (Å²) in [5.41, 5.74) is -2.60. The number of benzene rings is 2. The zero-order valence-corrected chi connectivity index (χ0v) is 13.9. The smallest absolute Gasteiger partial charge is 0.328 e. The topological polar surface area (TPSA) is 228 Å². The van der Waals surface area contributed by atoms with E-state index in [1.54, 1.807) is 0 Å². The first-order valence-corrected chi connectivity index (χ1v) is 7.82. The third kappa shape index (κ3) is 1.67. The van der Waals surface area contributed by atoms with E-state index < -0.39 is 21.2 Å². The van der Waals surface area contributed by atoms with Crippen LogP contribution < -0.4 is 19.6 Å². The van der Waals surface area contributed by atoms with Gasteiger partial charge in [0.2, 0.25) is 11.0 Å². The Bertz CT molecular complexity index is 1610. The van der Waals surface area contributed by atoms with E-state index in [4.69, 9.17) is 0 Å². The summed E-state index contributed by atoms with van der Waals surface area (Å²) < 4.78 is 11.0. The molecule has 0 aliphatic carbocycles. The Morgan fingerprint density at radius 3 is 2.10 bits per heavy atom. The molecule has 0 fully saturated rings. The van der Waals surface area contributed by atoms with E-state index in [0.717, 1.165) is 21.4 Å². The maximum atomic E-state index is 12.0. The molecular weight excluding hydrogens is 412 g/mol. The Morgan fingerprint density at radius 2 is 1.47 bits per heavy atom. The molecule has 0 unspecified atom stereocenters. The van der Waals surface area contributed by atoms with E-state index in [-0.39, 0.29) is 53.9 Å². The number of hydrogen-bond donors (Lipinski definition) is 0. The average Bonchev–Trinajstić information content (AvgIpc) is 3.42. The Hall–Kier alpha value is -5.16. The van der Waals surface area contributed by atoms with Crippen LogP contribution in [0.1, 0.15) is 0 Å². The van der Waals surface area contributed by atoms with E-state index in [2.05, 4.69) is 29.8 Å². The van der Waals surface area contributed by atoms with Crippen LogP contribution in [0.2, 0.25) is 0 Å². The van der Waals surface area contributed by atoms with Gasteiger partial charge in [-0.2, -0.15) is 4.52 Å². The first-order chi connectivity index (χ1) is 14.4. The third-order valence-electron chi connectivity index (χ3n) is 4.60. The van der Waals surface area contributed by atoms with Crippen molar-refractivity contribution in [1.82, 2.24) is 25.0 Å². The number of aromatic nitrogens is 8. The summed E-state index contributed by atoms with van der Waals surface area (Å²) in [6.45, 7) is 0. The van der Waals surface area contributed by atoms with Crippen molar-refractivity contribution in [3.05, 3.63) is 42.8 Å². The lowest BCUT2D eigenvalue weighted by Crippen LogP contribution is -2.33. The van der Waals surface area contributed by atoms with Crippen molar-refractivity contribution in [2.24, 2.45) is 0 Å². The number of nitrogens with zero attached hydrogens (tertiary/aromatic N) is 10. The van der Waals surface area contributed by atoms with Crippen LogP contribution in [0, 0.1) is 30.6 Å². The van der Waals surface area contributed by atoms with Crippen LogP contribution in [0.15, 0.2) is 21.4 Å². The van der Waals surface area contributed by atoms with Crippen LogP contribution in [0.4, 0.5) is 11.4 Å². The van der Waals surface area contributed by atoms with Crippen molar-refractivity contribution < 1.29 is 33.7 Å². The summed E-state index contributed by atoms with van der Waals surface area (Å²) in [4.78, 5) is 21.3. The summed E-state index contributed by atoms with van der Waals surface area (Å²) >= 11 is 0. The average molecular weight is 414 g/mol. The number of fused-ring (bicyclic) bond motifs is 9. The van der Waals surface area contributed by atoms with Gasteiger partial charge < -0.3 is 10.4 Å². The minimum absolute atomic E-state index is 0.00736. The maximum Gasteiger partial charge on any atom is 0.328 e. The normalized spacial score (nSPS) is 12.1. The second-order valence-corrected chi connectivity index (χ2v) is 6.08. The molecule has 0 radical (unpaired) electrons. The maximum absolute atomic E-state index is 12.0. The Morgan fingerprint density at radius 1 is 0.900 bits per heavy atom. The summed E-state index contributed by atoms with van der Waals surface area (Å²) in [5.74, 6) is 0. The number of rotatable bonds is 2. The van der Waals surface area contributed by atoms with E-state index in [9.17, 15) is 30.6 Å². The first kappa shape index (κ1) is 15.9. The van der Waals surface area contributed by atoms with Gasteiger partial charge >= 0.3 is 22.4 Å². The summed E-state index contributed by atoms with van der Waals surface area (Å²) in [5, 5.41) is 61.9. The van der Waals surface area contributed by atoms with Gasteiger partial charge in [0.1, 0.15) is 11.0 Å². The number of nitro groups is 2. The molecule has 0 saturated heterocycles. The van der Waals surface area contributed by atoms with E-state index in [0.29, 0.717) is 0 Å². The molecule has 0 aliphatic rings. The van der Waals surface area contributed by atoms with Gasteiger partial charge in [0, 0.05) is 12.1 Å². The van der Waals surface area contributed by atoms with Crippen molar-refractivity contribution in [3.8, 4) is 0 Å². The largest absolute Gasteiger partial charge is 0.359 e. The lowest BCUT2D eigenvalue weighted by Gasteiger charge is -1.95. The van der Waals surface area contributed by atoms with Crippen molar-refractivity contribution in [1.29, 1.82) is 0 Å². The SMILES string of the molecule is O=[N+]([O-])c1cc2c(n[n+]3[n-]c4c(cc([N+](=O)[O-])c5no[n+]([O-])c54)n23)c2c1no[n+]2[O-]. The van der Waals surface area contributed by atoms with Crippen LogP contribution >= 0.6 is 0 Å². The zero-order chi connectivity index (χ0) is 20.9. The fourth-order valence-corrected chi connectivity index (χ4v) is 3.42. The second-order valence-electron chi connectivity index (χ2n) is 6.08. The fraction of sp³-hybridized carbons (Fsp3) is 0. The third-order valence-corrected chi connectivity index (χ3v) is 4.60. The molecule has 0 atom stereocenters. The van der Waals surface area contributed by atoms with Gasteiger partial charge in [-0.15, -0.1) is 0 Å². The predicted octanol–water partition coefficient (Wildman–Crippen LogP) is -1.45. The molecule has 18 nitrogen and oxygen atoms in total. The van der Waals surface area contributed by atoms with Crippen molar-refractivity contribution in [3.63, 3.8) is 0 Å². The van der Waals surface area contributed by atoms with Gasteiger partial charge in [0.05, 0.1) is 31.2 Å². The minimum Gasteiger partial charge on any atom is -0.359 e. The highest BCUT2D eigenvalue weighted by atomic mass is 16.8. The molecule has 6 rings (SSSR count). The fourth-order valence-electron chi connectivity index (χ4n) is 3.42. The molecule has 0 bridgehead atoms. The van der Waals surface area contributed by atoms with Gasteiger partial charge in [-0.25, -0.2) is 0 Å². The first-order valence-electron chi connectivity index (χ1n) is 7.82. The van der Waals surface area contributed by atoms with Crippen molar-refractivity contribution >= 4 is 55.5 Å². The lowest BCUT2D eigenvalue weighted by atomic mass is 10.2. The van der Waals surface area contributed by atoms with Gasteiger partial charge in [0.25, 0.3) is 0 Å². The summed E-state index contributed by atoms with van der Waals surface area (Å²) in [6, 6.07) is 2.12. The van der Waals surface area contributed by atoms with Crippen LogP contribution in [0.5, 0.6) is 0 Å². The Balaban J connectivity index is 1.90. The highest BCUT2D eigenvalue weighted by Gasteiger charge is 2.32. The molecule has 2 aromatic carbocycles. The number of nitro benzene ring substituents is 2. The predicted molar refractivity (Wildman–Crippen MR) is 85.5 cm³/mol. The highest BCUT2D eigenvalue weighted by Crippen LogP contribution is 2.32. The van der Waals surface area contributed by atoms with Gasteiger partial charge in [-0.3, -0.25) is 29.5 Å². The van der Waals surface area contributed by atoms with Crippen molar-refractivity contribution in [2.45, 2.75) is 0 Å². The van der Waals surface area contributed by atoms with Crippen molar-refractivity contribution in [2.75, 3.05) is 0 Å². The van der Waals surface area contributed by atoms with E-state index in [1.165, 1.54) is 0 Å². The summed E-state index contributed by atoms with van der Waals surface area (Å²) in [7, 11) is 0. The molecule has 4 aromatic heterocycles. The van der Waals surface area contributed by atoms with E-state index in [1.807, 2.05) is 0 Å². The molecule has 148 valence electrons. The molecule has 18 heteroatoms. The number of hydrogen-bond acceptors (Lipinski definition) is 11. The molecule has 30 heavy (non-hydrogen) atoms. The Kier molecular flexibility index (Phi) is 2.54. The van der Waals surface area contributed by atoms with E-state index >= 15 is 0 Å². The van der Waals surface area contributed by atoms with Crippen LogP contribution in [0.25, 0.3) is 44.1 Å². The molecule has 0 aliphatic heterocycles.